The van der Waals surface area contributed by atoms with E-state index in [0.717, 1.165) is 10.5 Å². The Morgan fingerprint density at radius 3 is 2.35 bits per heavy atom. The number of hydrogen-bond acceptors (Lipinski definition) is 7. The van der Waals surface area contributed by atoms with Gasteiger partial charge in [-0.3, -0.25) is 4.79 Å². The van der Waals surface area contributed by atoms with Gasteiger partial charge in [0.15, 0.2) is 11.5 Å². The summed E-state index contributed by atoms with van der Waals surface area (Å²) >= 11 is 0. The number of sulfonamides is 1. The van der Waals surface area contributed by atoms with Gasteiger partial charge in [0.25, 0.3) is 5.91 Å². The number of nitrogens with zero attached hydrogens (tertiary/aromatic N) is 5. The molecule has 10 nitrogen and oxygen atoms in total. The predicted molar refractivity (Wildman–Crippen MR) is 115 cm³/mol. The maximum absolute atomic E-state index is 13.9. The van der Waals surface area contributed by atoms with Gasteiger partial charge in [0.05, 0.1) is 23.8 Å². The minimum Gasteiger partial charge on any atom is -0.480 e. The molecule has 14 heteroatoms. The van der Waals surface area contributed by atoms with Gasteiger partial charge in [-0.15, -0.1) is 10.2 Å². The van der Waals surface area contributed by atoms with Crippen molar-refractivity contribution < 1.29 is 31.1 Å². The number of alkyl halides is 3. The van der Waals surface area contributed by atoms with Gasteiger partial charge in [0.2, 0.25) is 15.9 Å². The second-order valence-electron chi connectivity index (χ2n) is 7.40. The number of anilines is 1. The van der Waals surface area contributed by atoms with E-state index in [9.17, 15) is 26.4 Å². The van der Waals surface area contributed by atoms with Crippen LogP contribution >= 0.6 is 0 Å². The van der Waals surface area contributed by atoms with E-state index in [-0.39, 0.29) is 22.3 Å². The van der Waals surface area contributed by atoms with E-state index >= 15 is 0 Å². The highest BCUT2D eigenvalue weighted by Crippen LogP contribution is 2.34. The summed E-state index contributed by atoms with van der Waals surface area (Å²) in [6.45, 7) is 3.24. The highest BCUT2D eigenvalue weighted by Gasteiger charge is 2.41. The first kappa shape index (κ1) is 25.1. The number of halogens is 3. The summed E-state index contributed by atoms with van der Waals surface area (Å²) in [5.74, 6) is -1.32. The fraction of sp³-hybridized carbons (Fsp3) is 0.300. The van der Waals surface area contributed by atoms with Crippen LogP contribution in [0.3, 0.4) is 0 Å². The molecule has 0 aliphatic rings. The number of ether oxygens (including phenoxy) is 1. The Balaban J connectivity index is 2.06. The topological polar surface area (TPSA) is 119 Å². The average Bonchev–Trinajstić information content (AvgIpc) is 3.22. The molecule has 0 aliphatic heterocycles. The van der Waals surface area contributed by atoms with Crippen molar-refractivity contribution in [1.29, 1.82) is 0 Å². The molecule has 0 aliphatic carbocycles. The van der Waals surface area contributed by atoms with Gasteiger partial charge in [-0.2, -0.15) is 18.3 Å². The van der Waals surface area contributed by atoms with Gasteiger partial charge in [0.1, 0.15) is 0 Å². The van der Waals surface area contributed by atoms with Gasteiger partial charge in [-0.1, -0.05) is 0 Å². The molecule has 2 heterocycles. The second kappa shape index (κ2) is 9.02. The summed E-state index contributed by atoms with van der Waals surface area (Å²) in [5.41, 5.74) is -1.07. The number of hydrogen-bond donors (Lipinski definition) is 1. The van der Waals surface area contributed by atoms with Gasteiger partial charge in [0, 0.05) is 25.8 Å². The molecule has 1 aromatic carbocycles. The molecule has 0 bridgehead atoms. The Kier molecular flexibility index (Phi) is 6.66. The highest BCUT2D eigenvalue weighted by molar-refractivity contribution is 7.89. The van der Waals surface area contributed by atoms with Crippen molar-refractivity contribution in [2.24, 2.45) is 0 Å². The molecule has 0 spiro atoms. The summed E-state index contributed by atoms with van der Waals surface area (Å²) in [4.78, 5) is 12.8. The first-order chi connectivity index (χ1) is 15.8. The van der Waals surface area contributed by atoms with E-state index < -0.39 is 33.4 Å². The Morgan fingerprint density at radius 1 is 1.15 bits per heavy atom. The van der Waals surface area contributed by atoms with Crippen LogP contribution in [0, 0.1) is 13.8 Å². The standard InChI is InChI=1S/C20H21F3N6O4S/c1-11-8-13(34(31,32)28(3)4)9-15(12(11)2)25-19(30)14-10-24-29(18(14)20(21,22)23)16-6-7-17(33-5)27-26-16/h6-10H,1-5H3,(H,25,30). The summed E-state index contributed by atoms with van der Waals surface area (Å²) < 4.78 is 73.1. The Bertz CT molecular complexity index is 1340. The molecule has 0 unspecified atom stereocenters. The van der Waals surface area contributed by atoms with E-state index in [1.54, 1.807) is 13.8 Å². The predicted octanol–water partition coefficient (Wildman–Crippen LogP) is 2.81. The van der Waals surface area contributed by atoms with Crippen LogP contribution < -0.4 is 10.1 Å². The quantitative estimate of drug-likeness (QED) is 0.555. The lowest BCUT2D eigenvalue weighted by Crippen LogP contribution is -2.23. The lowest BCUT2D eigenvalue weighted by molar-refractivity contribution is -0.143. The smallest absolute Gasteiger partial charge is 0.434 e. The molecule has 0 saturated heterocycles. The molecule has 1 N–H and O–H groups in total. The number of amides is 1. The fourth-order valence-corrected chi connectivity index (χ4v) is 4.02. The third-order valence-corrected chi connectivity index (χ3v) is 6.80. The summed E-state index contributed by atoms with van der Waals surface area (Å²) in [6.07, 6.45) is -4.21. The van der Waals surface area contributed by atoms with Crippen LogP contribution in [0.1, 0.15) is 27.2 Å². The molecule has 1 amide bonds. The molecule has 3 rings (SSSR count). The summed E-state index contributed by atoms with van der Waals surface area (Å²) in [6, 6.07) is 5.12. The zero-order chi connectivity index (χ0) is 25.4. The number of carbonyl (C=O) groups excluding carboxylic acids is 1. The van der Waals surface area contributed by atoms with E-state index in [2.05, 4.69) is 20.6 Å². The molecule has 0 fully saturated rings. The van der Waals surface area contributed by atoms with Gasteiger partial charge >= 0.3 is 6.18 Å². The van der Waals surface area contributed by atoms with Crippen molar-refractivity contribution in [1.82, 2.24) is 24.3 Å². The molecule has 3 aromatic rings. The fourth-order valence-electron chi connectivity index (χ4n) is 3.00. The van der Waals surface area contributed by atoms with E-state index in [1.807, 2.05) is 0 Å². The lowest BCUT2D eigenvalue weighted by atomic mass is 10.1. The van der Waals surface area contributed by atoms with Crippen LogP contribution in [0.15, 0.2) is 35.4 Å². The maximum atomic E-state index is 13.9. The molecule has 182 valence electrons. The Labute approximate surface area is 193 Å². The van der Waals surface area contributed by atoms with Gasteiger partial charge in [-0.25, -0.2) is 17.4 Å². The molecule has 0 saturated carbocycles. The van der Waals surface area contributed by atoms with Crippen LogP contribution in [0.5, 0.6) is 5.88 Å². The van der Waals surface area contributed by atoms with Crippen LogP contribution in [-0.4, -0.2) is 59.8 Å². The average molecular weight is 498 g/mol. The number of benzene rings is 1. The van der Waals surface area contributed by atoms with Crippen LogP contribution in [0.25, 0.3) is 5.82 Å². The number of nitrogens with one attached hydrogen (secondary N) is 1. The van der Waals surface area contributed by atoms with Crippen LogP contribution in [0.4, 0.5) is 18.9 Å². The number of aryl methyl sites for hydroxylation is 1. The number of rotatable bonds is 6. The zero-order valence-electron chi connectivity index (χ0n) is 18.8. The minimum absolute atomic E-state index is 0.0514. The third kappa shape index (κ3) is 4.72. The second-order valence-corrected chi connectivity index (χ2v) is 9.56. The molecule has 0 radical (unpaired) electrons. The monoisotopic (exact) mass is 498 g/mol. The Morgan fingerprint density at radius 2 is 1.82 bits per heavy atom. The van der Waals surface area contributed by atoms with Crippen molar-refractivity contribution in [3.8, 4) is 11.7 Å². The number of aromatic nitrogens is 4. The van der Waals surface area contributed by atoms with Crippen molar-refractivity contribution >= 4 is 21.6 Å². The number of methoxy groups -OCH3 is 1. The molecule has 34 heavy (non-hydrogen) atoms. The van der Waals surface area contributed by atoms with Crippen molar-refractivity contribution in [2.45, 2.75) is 24.9 Å². The lowest BCUT2D eigenvalue weighted by Gasteiger charge is -2.17. The minimum atomic E-state index is -4.97. The van der Waals surface area contributed by atoms with Crippen molar-refractivity contribution in [3.63, 3.8) is 0 Å². The van der Waals surface area contributed by atoms with Gasteiger partial charge in [-0.05, 0) is 43.2 Å². The Hall–Kier alpha value is -3.52. The first-order valence-electron chi connectivity index (χ1n) is 9.65. The largest absolute Gasteiger partial charge is 0.480 e. The molecule has 0 atom stereocenters. The van der Waals surface area contributed by atoms with E-state index in [4.69, 9.17) is 4.74 Å². The molecular formula is C20H21F3N6O4S. The zero-order valence-corrected chi connectivity index (χ0v) is 19.6. The van der Waals surface area contributed by atoms with E-state index in [0.29, 0.717) is 15.8 Å². The van der Waals surface area contributed by atoms with Crippen LogP contribution in [0.2, 0.25) is 0 Å². The molecular weight excluding hydrogens is 477 g/mol. The maximum Gasteiger partial charge on any atom is 0.434 e. The third-order valence-electron chi connectivity index (χ3n) is 5.00. The van der Waals surface area contributed by atoms with Crippen molar-refractivity contribution in [3.05, 3.63) is 52.8 Å². The normalized spacial score (nSPS) is 12.1. The first-order valence-corrected chi connectivity index (χ1v) is 11.1. The molecule has 2 aromatic heterocycles. The van der Waals surface area contributed by atoms with Crippen LogP contribution in [-0.2, 0) is 16.2 Å². The SMILES string of the molecule is COc1ccc(-n2ncc(C(=O)Nc3cc(S(=O)(=O)N(C)C)cc(C)c3C)c2C(F)(F)F)nn1. The number of carbonyl (C=O) groups is 1. The van der Waals surface area contributed by atoms with Crippen molar-refractivity contribution in [2.75, 3.05) is 26.5 Å². The summed E-state index contributed by atoms with van der Waals surface area (Å²) in [7, 11) is 0.159. The van der Waals surface area contributed by atoms with Gasteiger partial charge < -0.3 is 10.1 Å². The highest BCUT2D eigenvalue weighted by atomic mass is 32.2. The van der Waals surface area contributed by atoms with E-state index in [1.165, 1.54) is 45.5 Å². The summed E-state index contributed by atoms with van der Waals surface area (Å²) in [5, 5.41) is 13.3.